The van der Waals surface area contributed by atoms with Gasteiger partial charge in [-0.25, -0.2) is 0 Å². The molecule has 1 heterocycles. The Morgan fingerprint density at radius 2 is 1.76 bits per heavy atom. The number of benzene rings is 2. The topological polar surface area (TPSA) is 58.6 Å². The molecule has 29 heavy (non-hydrogen) atoms. The Balaban J connectivity index is 1.46. The van der Waals surface area contributed by atoms with Gasteiger partial charge in [-0.2, -0.15) is 0 Å². The van der Waals surface area contributed by atoms with E-state index in [4.69, 9.17) is 16.3 Å². The van der Waals surface area contributed by atoms with E-state index in [1.54, 1.807) is 42.5 Å². The zero-order chi connectivity index (χ0) is 20.2. The van der Waals surface area contributed by atoms with Crippen LogP contribution < -0.4 is 10.1 Å². The minimum atomic E-state index is -0.284. The molecule has 2 aromatic rings. The summed E-state index contributed by atoms with van der Waals surface area (Å²) in [5, 5.41) is 3.33. The van der Waals surface area contributed by atoms with E-state index in [1.165, 1.54) is 12.8 Å². The second kappa shape index (κ2) is 8.87. The first-order chi connectivity index (χ1) is 14.1. The second-order valence-electron chi connectivity index (χ2n) is 7.78. The Morgan fingerprint density at radius 1 is 1.03 bits per heavy atom. The minimum absolute atomic E-state index is 0.0690. The fourth-order valence-corrected chi connectivity index (χ4v) is 3.64. The maximum Gasteiger partial charge on any atom is 0.255 e. The molecule has 2 amide bonds. The first-order valence-corrected chi connectivity index (χ1v) is 10.6. The van der Waals surface area contributed by atoms with E-state index < -0.39 is 0 Å². The monoisotopic (exact) mass is 412 g/mol. The van der Waals surface area contributed by atoms with Crippen molar-refractivity contribution in [1.82, 2.24) is 4.90 Å². The number of nitrogens with one attached hydrogen (secondary N) is 1. The molecule has 2 aromatic carbocycles. The van der Waals surface area contributed by atoms with Gasteiger partial charge < -0.3 is 15.0 Å². The molecule has 2 fully saturated rings. The fourth-order valence-electron chi connectivity index (χ4n) is 3.47. The van der Waals surface area contributed by atoms with Gasteiger partial charge in [0.15, 0.2) is 0 Å². The van der Waals surface area contributed by atoms with Crippen LogP contribution in [-0.2, 0) is 0 Å². The number of carbonyl (C=O) groups is 2. The Labute approximate surface area is 176 Å². The zero-order valence-electron chi connectivity index (χ0n) is 16.3. The van der Waals surface area contributed by atoms with E-state index >= 15 is 0 Å². The third-order valence-corrected chi connectivity index (χ3v) is 5.64. The average molecular weight is 413 g/mol. The van der Waals surface area contributed by atoms with Crippen molar-refractivity contribution >= 4 is 29.1 Å². The average Bonchev–Trinajstić information content (AvgIpc) is 3.57. The van der Waals surface area contributed by atoms with Crippen LogP contribution in [0.25, 0.3) is 0 Å². The number of likely N-dealkylation sites (tertiary alicyclic amines) is 1. The summed E-state index contributed by atoms with van der Waals surface area (Å²) in [6.45, 7) is 2.23. The number of hydrogen-bond donors (Lipinski definition) is 1. The molecular weight excluding hydrogens is 388 g/mol. The van der Waals surface area contributed by atoms with Crippen LogP contribution in [0.1, 0.15) is 52.8 Å². The summed E-state index contributed by atoms with van der Waals surface area (Å²) in [4.78, 5) is 27.5. The van der Waals surface area contributed by atoms with Gasteiger partial charge in [-0.05, 0) is 80.5 Å². The minimum Gasteiger partial charge on any atom is -0.493 e. The number of ether oxygens (including phenoxy) is 1. The summed E-state index contributed by atoms with van der Waals surface area (Å²) in [6, 6.07) is 12.1. The number of nitrogens with zero attached hydrogens (tertiary/aromatic N) is 1. The number of halogens is 1. The Bertz CT molecular complexity index is 887. The third-order valence-electron chi connectivity index (χ3n) is 5.40. The standard InChI is InChI=1S/C23H25ClN2O3/c24-18-8-11-20(23(28)26-12-2-1-3-13-26)21(14-18)25-22(27)17-6-9-19(10-7-17)29-15-16-4-5-16/h6-11,14,16H,1-5,12-13,15H2,(H,25,27). The van der Waals surface area contributed by atoms with Gasteiger partial charge in [-0.3, -0.25) is 9.59 Å². The van der Waals surface area contributed by atoms with Crippen molar-refractivity contribution in [3.8, 4) is 5.75 Å². The van der Waals surface area contributed by atoms with Crippen LogP contribution in [0, 0.1) is 5.92 Å². The Morgan fingerprint density at radius 3 is 2.45 bits per heavy atom. The quantitative estimate of drug-likeness (QED) is 0.725. The van der Waals surface area contributed by atoms with Crippen LogP contribution in [0.2, 0.25) is 5.02 Å². The predicted octanol–water partition coefficient (Wildman–Crippen LogP) is 5.01. The van der Waals surface area contributed by atoms with E-state index in [0.717, 1.165) is 44.7 Å². The fraction of sp³-hybridized carbons (Fsp3) is 0.391. The summed E-state index contributed by atoms with van der Waals surface area (Å²) in [6.07, 6.45) is 5.64. The van der Waals surface area contributed by atoms with Gasteiger partial charge >= 0.3 is 0 Å². The number of rotatable bonds is 6. The Kier molecular flexibility index (Phi) is 6.05. The molecule has 0 spiro atoms. The van der Waals surface area contributed by atoms with Crippen LogP contribution in [-0.4, -0.2) is 36.4 Å². The van der Waals surface area contributed by atoms with Crippen molar-refractivity contribution in [3.05, 3.63) is 58.6 Å². The van der Waals surface area contributed by atoms with Crippen LogP contribution in [0.5, 0.6) is 5.75 Å². The second-order valence-corrected chi connectivity index (χ2v) is 8.21. The predicted molar refractivity (Wildman–Crippen MR) is 114 cm³/mol. The van der Waals surface area contributed by atoms with Crippen LogP contribution in [0.3, 0.4) is 0 Å². The van der Waals surface area contributed by atoms with E-state index in [0.29, 0.717) is 27.8 Å². The van der Waals surface area contributed by atoms with E-state index in [1.807, 2.05) is 4.90 Å². The van der Waals surface area contributed by atoms with Crippen LogP contribution in [0.15, 0.2) is 42.5 Å². The molecule has 6 heteroatoms. The van der Waals surface area contributed by atoms with Gasteiger partial charge in [0.05, 0.1) is 17.9 Å². The summed E-state index contributed by atoms with van der Waals surface area (Å²) >= 11 is 6.13. The smallest absolute Gasteiger partial charge is 0.255 e. The highest BCUT2D eigenvalue weighted by atomic mass is 35.5. The molecule has 1 aliphatic heterocycles. The normalized spacial score (nSPS) is 16.4. The molecule has 0 bridgehead atoms. The van der Waals surface area contributed by atoms with Crippen LogP contribution in [0.4, 0.5) is 5.69 Å². The van der Waals surface area contributed by atoms with Gasteiger partial charge in [-0.15, -0.1) is 0 Å². The van der Waals surface area contributed by atoms with Crippen molar-refractivity contribution in [3.63, 3.8) is 0 Å². The maximum absolute atomic E-state index is 12.9. The number of piperidine rings is 1. The van der Waals surface area contributed by atoms with Crippen LogP contribution >= 0.6 is 11.6 Å². The molecule has 1 N–H and O–H groups in total. The molecule has 0 unspecified atom stereocenters. The molecule has 152 valence electrons. The lowest BCUT2D eigenvalue weighted by Gasteiger charge is -2.27. The molecule has 1 aliphatic carbocycles. The molecule has 1 saturated heterocycles. The van der Waals surface area contributed by atoms with Gasteiger partial charge in [0, 0.05) is 23.7 Å². The molecule has 5 nitrogen and oxygen atoms in total. The van der Waals surface area contributed by atoms with E-state index in [9.17, 15) is 9.59 Å². The highest BCUT2D eigenvalue weighted by molar-refractivity contribution is 6.31. The highest BCUT2D eigenvalue weighted by Crippen LogP contribution is 2.29. The molecule has 0 radical (unpaired) electrons. The number of amides is 2. The molecular formula is C23H25ClN2O3. The highest BCUT2D eigenvalue weighted by Gasteiger charge is 2.23. The molecule has 0 atom stereocenters. The number of anilines is 1. The largest absolute Gasteiger partial charge is 0.493 e. The third kappa shape index (κ3) is 5.10. The lowest BCUT2D eigenvalue weighted by atomic mass is 10.1. The van der Waals surface area contributed by atoms with Gasteiger partial charge in [0.1, 0.15) is 5.75 Å². The van der Waals surface area contributed by atoms with Crippen molar-refractivity contribution < 1.29 is 14.3 Å². The van der Waals surface area contributed by atoms with Crippen molar-refractivity contribution in [2.45, 2.75) is 32.1 Å². The molecule has 0 aromatic heterocycles. The molecule has 2 aliphatic rings. The summed E-state index contributed by atoms with van der Waals surface area (Å²) in [5.74, 6) is 1.09. The molecule has 4 rings (SSSR count). The zero-order valence-corrected chi connectivity index (χ0v) is 17.1. The lowest BCUT2D eigenvalue weighted by Crippen LogP contribution is -2.36. The summed E-state index contributed by atoms with van der Waals surface area (Å²) in [5.41, 5.74) is 1.40. The van der Waals surface area contributed by atoms with Gasteiger partial charge in [0.25, 0.3) is 11.8 Å². The Hall–Kier alpha value is -2.53. The van der Waals surface area contributed by atoms with Gasteiger partial charge in [0.2, 0.25) is 0 Å². The summed E-state index contributed by atoms with van der Waals surface area (Å²) in [7, 11) is 0. The van der Waals surface area contributed by atoms with Crippen molar-refractivity contribution in [1.29, 1.82) is 0 Å². The van der Waals surface area contributed by atoms with Gasteiger partial charge in [-0.1, -0.05) is 11.6 Å². The first-order valence-electron chi connectivity index (χ1n) is 10.2. The van der Waals surface area contributed by atoms with Crippen molar-refractivity contribution in [2.75, 3.05) is 25.0 Å². The molecule has 1 saturated carbocycles. The van der Waals surface area contributed by atoms with Crippen molar-refractivity contribution in [2.24, 2.45) is 5.92 Å². The first kappa shape index (κ1) is 19.8. The number of carbonyl (C=O) groups excluding carboxylic acids is 2. The summed E-state index contributed by atoms with van der Waals surface area (Å²) < 4.78 is 5.72. The number of hydrogen-bond acceptors (Lipinski definition) is 3. The lowest BCUT2D eigenvalue weighted by molar-refractivity contribution is 0.0725. The maximum atomic E-state index is 12.9. The van der Waals surface area contributed by atoms with E-state index in [2.05, 4.69) is 5.32 Å². The SMILES string of the molecule is O=C(Nc1cc(Cl)ccc1C(=O)N1CCCCC1)c1ccc(OCC2CC2)cc1. The van der Waals surface area contributed by atoms with E-state index in [-0.39, 0.29) is 11.8 Å².